The van der Waals surface area contributed by atoms with Gasteiger partial charge in [0.05, 0.1) is 0 Å². The molecule has 198 valence electrons. The smallest absolute Gasteiger partial charge is 0.0463 e. The summed E-state index contributed by atoms with van der Waals surface area (Å²) >= 11 is 0. The molecule has 3 heterocycles. The molecule has 3 heteroatoms. The average Bonchev–Trinajstić information content (AvgIpc) is 2.84. The predicted octanol–water partition coefficient (Wildman–Crippen LogP) is 9.99. The van der Waals surface area contributed by atoms with Crippen molar-refractivity contribution >= 4 is 0 Å². The fourth-order valence-corrected chi connectivity index (χ4v) is 4.25. The Morgan fingerprint density at radius 2 is 0.806 bits per heavy atom. The van der Waals surface area contributed by atoms with Crippen LogP contribution in [0, 0.1) is 0 Å². The van der Waals surface area contributed by atoms with Crippen LogP contribution in [-0.2, 0) is 0 Å². The third-order valence-corrected chi connectivity index (χ3v) is 6.30. The van der Waals surface area contributed by atoms with E-state index in [-0.39, 0.29) is 0 Å². The van der Waals surface area contributed by atoms with Crippen LogP contribution in [0.5, 0.6) is 0 Å². The molecule has 0 aliphatic carbocycles. The maximum absolute atomic E-state index is 4.40. The van der Waals surface area contributed by atoms with Gasteiger partial charge in [0, 0.05) is 36.7 Å². The van der Waals surface area contributed by atoms with Crippen LogP contribution in [-0.4, -0.2) is 15.0 Å². The molecule has 3 aromatic heterocycles. The highest BCUT2D eigenvalue weighted by Crippen LogP contribution is 2.25. The van der Waals surface area contributed by atoms with Crippen LogP contribution < -0.4 is 0 Å². The first kappa shape index (κ1) is 31.5. The summed E-state index contributed by atoms with van der Waals surface area (Å²) in [7, 11) is 0. The summed E-state index contributed by atoms with van der Waals surface area (Å²) in [6.07, 6.45) is 9.60. The van der Waals surface area contributed by atoms with Crippen molar-refractivity contribution in [2.45, 2.75) is 119 Å². The Kier molecular flexibility index (Phi) is 13.6. The summed E-state index contributed by atoms with van der Waals surface area (Å²) in [5, 5.41) is 0. The lowest BCUT2D eigenvalue weighted by Crippen LogP contribution is -2.00. The topological polar surface area (TPSA) is 38.7 Å². The van der Waals surface area contributed by atoms with Gasteiger partial charge in [0.2, 0.25) is 0 Å². The first-order valence-electron chi connectivity index (χ1n) is 13.7. The van der Waals surface area contributed by atoms with Gasteiger partial charge in [-0.3, -0.25) is 15.0 Å². The molecular weight excluding hydrogens is 438 g/mol. The zero-order valence-corrected chi connectivity index (χ0v) is 25.0. The largest absolute Gasteiger partial charge is 0.264 e. The molecule has 3 aromatic rings. The molecule has 3 rings (SSSR count). The van der Waals surface area contributed by atoms with E-state index >= 15 is 0 Å². The summed E-state index contributed by atoms with van der Waals surface area (Å²) in [4.78, 5) is 12.7. The highest BCUT2D eigenvalue weighted by atomic mass is 14.7. The molecule has 36 heavy (non-hydrogen) atoms. The van der Waals surface area contributed by atoms with Crippen LogP contribution >= 0.6 is 0 Å². The van der Waals surface area contributed by atoms with E-state index in [2.05, 4.69) is 116 Å². The van der Waals surface area contributed by atoms with E-state index in [1.165, 1.54) is 33.5 Å². The van der Waals surface area contributed by atoms with Crippen molar-refractivity contribution < 1.29 is 0 Å². The van der Waals surface area contributed by atoms with Gasteiger partial charge in [-0.05, 0) is 81.5 Å². The minimum absolute atomic E-state index is 0.531. The van der Waals surface area contributed by atoms with E-state index in [1.807, 2.05) is 37.1 Å². The number of rotatable bonds is 6. The summed E-state index contributed by atoms with van der Waals surface area (Å²) in [6, 6.07) is 8.44. The molecule has 0 N–H and O–H groups in total. The minimum atomic E-state index is 0.531. The highest BCUT2D eigenvalue weighted by molar-refractivity contribution is 5.29. The van der Waals surface area contributed by atoms with Gasteiger partial charge in [0.15, 0.2) is 0 Å². The molecule has 0 saturated carbocycles. The van der Waals surface area contributed by atoms with Crippen molar-refractivity contribution in [3.63, 3.8) is 0 Å². The van der Waals surface area contributed by atoms with Crippen molar-refractivity contribution in [2.24, 2.45) is 0 Å². The van der Waals surface area contributed by atoms with Crippen molar-refractivity contribution in [1.29, 1.82) is 0 Å². The Hall–Kier alpha value is -2.55. The van der Waals surface area contributed by atoms with Crippen molar-refractivity contribution in [3.05, 3.63) is 88.8 Å². The second-order valence-electron chi connectivity index (χ2n) is 11.4. The zero-order chi connectivity index (χ0) is 27.4. The van der Waals surface area contributed by atoms with Gasteiger partial charge in [-0.2, -0.15) is 0 Å². The number of hydrogen-bond donors (Lipinski definition) is 0. The van der Waals surface area contributed by atoms with Crippen LogP contribution in [0.2, 0.25) is 0 Å². The van der Waals surface area contributed by atoms with Crippen molar-refractivity contribution in [3.8, 4) is 0 Å². The fourth-order valence-electron chi connectivity index (χ4n) is 4.25. The monoisotopic (exact) mass is 489 g/mol. The lowest BCUT2D eigenvalue weighted by molar-refractivity contribution is 0.757. The summed E-state index contributed by atoms with van der Waals surface area (Å²) in [6.45, 7) is 26.5. The normalized spacial score (nSPS) is 11.2. The van der Waals surface area contributed by atoms with Crippen molar-refractivity contribution in [1.82, 2.24) is 15.0 Å². The maximum Gasteiger partial charge on any atom is 0.0463 e. The van der Waals surface area contributed by atoms with Crippen LogP contribution in [0.4, 0.5) is 0 Å². The number of hydrogen-bond acceptors (Lipinski definition) is 3. The third-order valence-electron chi connectivity index (χ3n) is 6.30. The fraction of sp³-hybridized carbons (Fsp3) is 0.545. The predicted molar refractivity (Wildman–Crippen MR) is 157 cm³/mol. The third kappa shape index (κ3) is 9.84. The number of nitrogens with zero attached hydrogens (tertiary/aromatic N) is 3. The molecule has 0 radical (unpaired) electrons. The molecule has 0 unspecified atom stereocenters. The first-order valence-corrected chi connectivity index (χ1v) is 13.7. The van der Waals surface area contributed by atoms with Crippen LogP contribution in [0.25, 0.3) is 0 Å². The SMILES string of the molecule is CC(C)c1cccnc1C(C)C.CC(C)c1ccncc1C(C)C.CC(C)c1ccncc1C(C)C. The molecule has 0 fully saturated rings. The summed E-state index contributed by atoms with van der Waals surface area (Å²) < 4.78 is 0. The second-order valence-corrected chi connectivity index (χ2v) is 11.4. The molecule has 0 spiro atoms. The van der Waals surface area contributed by atoms with Crippen LogP contribution in [0.3, 0.4) is 0 Å². The van der Waals surface area contributed by atoms with Gasteiger partial charge in [0.1, 0.15) is 0 Å². The second kappa shape index (κ2) is 15.5. The first-order chi connectivity index (χ1) is 16.9. The molecule has 0 aliphatic heterocycles. The van der Waals surface area contributed by atoms with Gasteiger partial charge in [-0.15, -0.1) is 0 Å². The summed E-state index contributed by atoms with van der Waals surface area (Å²) in [5.74, 6) is 3.47. The number of aromatic nitrogens is 3. The van der Waals surface area contributed by atoms with E-state index in [0.29, 0.717) is 35.5 Å². The standard InChI is InChI=1S/3C11H17N/c2*1-8(2)10-5-6-12-7-11(10)9(3)4;1-8(2)10-6-5-7-12-11(10)9(3)4/h3*5-9H,1-4H3. The summed E-state index contributed by atoms with van der Waals surface area (Å²) in [5.41, 5.74) is 8.25. The van der Waals surface area contributed by atoms with Crippen LogP contribution in [0.1, 0.15) is 152 Å². The Morgan fingerprint density at radius 3 is 1.08 bits per heavy atom. The minimum Gasteiger partial charge on any atom is -0.264 e. The molecule has 3 nitrogen and oxygen atoms in total. The lowest BCUT2D eigenvalue weighted by Gasteiger charge is -2.14. The molecular formula is C33H51N3. The van der Waals surface area contributed by atoms with Gasteiger partial charge in [0.25, 0.3) is 0 Å². The van der Waals surface area contributed by atoms with Gasteiger partial charge < -0.3 is 0 Å². The molecule has 0 saturated heterocycles. The van der Waals surface area contributed by atoms with Gasteiger partial charge in [-0.1, -0.05) is 89.2 Å². The molecule has 0 atom stereocenters. The Balaban J connectivity index is 0.000000270. The average molecular weight is 490 g/mol. The quantitative estimate of drug-likeness (QED) is 0.346. The van der Waals surface area contributed by atoms with Crippen LogP contribution in [0.15, 0.2) is 55.2 Å². The van der Waals surface area contributed by atoms with E-state index in [4.69, 9.17) is 0 Å². The highest BCUT2D eigenvalue weighted by Gasteiger charge is 2.10. The van der Waals surface area contributed by atoms with Crippen molar-refractivity contribution in [2.75, 3.05) is 0 Å². The zero-order valence-electron chi connectivity index (χ0n) is 25.0. The lowest BCUT2D eigenvalue weighted by atomic mass is 9.93. The van der Waals surface area contributed by atoms with Gasteiger partial charge in [-0.25, -0.2) is 0 Å². The van der Waals surface area contributed by atoms with E-state index in [0.717, 1.165) is 0 Å². The maximum atomic E-state index is 4.40. The van der Waals surface area contributed by atoms with Gasteiger partial charge >= 0.3 is 0 Å². The molecule has 0 aromatic carbocycles. The van der Waals surface area contributed by atoms with E-state index in [1.54, 1.807) is 0 Å². The Morgan fingerprint density at radius 1 is 0.417 bits per heavy atom. The molecule has 0 amide bonds. The number of pyridine rings is 3. The molecule has 0 bridgehead atoms. The Bertz CT molecular complexity index is 804. The Labute approximate surface area is 222 Å². The van der Waals surface area contributed by atoms with E-state index < -0.39 is 0 Å². The van der Waals surface area contributed by atoms with E-state index in [9.17, 15) is 0 Å². The molecule has 0 aliphatic rings.